The number of hydrogen-bond donors (Lipinski definition) is 3. The molecule has 0 unspecified atom stereocenters. The average molecular weight is 380 g/mol. The first-order valence-electron chi connectivity index (χ1n) is 9.45. The monoisotopic (exact) mass is 379 g/mol. The SMILES string of the molecule is C=C(N)/C(C)=C(\N=C(C)N)C(=O)N1CCC(N[C@@H]2CCOC[C@@H]2OC)CC1. The number of amidine groups is 1. The third-order valence-electron chi connectivity index (χ3n) is 5.17. The van der Waals surface area contributed by atoms with Gasteiger partial charge in [-0.05, 0) is 33.1 Å². The molecule has 0 aromatic heterocycles. The van der Waals surface area contributed by atoms with E-state index in [0.29, 0.717) is 48.9 Å². The number of piperidine rings is 1. The van der Waals surface area contributed by atoms with Gasteiger partial charge in [-0.25, -0.2) is 4.99 Å². The van der Waals surface area contributed by atoms with E-state index in [1.54, 1.807) is 21.0 Å². The number of rotatable bonds is 6. The molecule has 2 aliphatic heterocycles. The lowest BCUT2D eigenvalue weighted by atomic mass is 9.99. The van der Waals surface area contributed by atoms with Gasteiger partial charge in [0.05, 0.1) is 18.5 Å². The zero-order valence-corrected chi connectivity index (χ0v) is 16.7. The number of nitrogens with two attached hydrogens (primary N) is 2. The second kappa shape index (κ2) is 9.87. The average Bonchev–Trinajstić information content (AvgIpc) is 2.66. The second-order valence-corrected chi connectivity index (χ2v) is 7.23. The van der Waals surface area contributed by atoms with Crippen LogP contribution in [-0.2, 0) is 14.3 Å². The van der Waals surface area contributed by atoms with E-state index in [4.69, 9.17) is 20.9 Å². The minimum atomic E-state index is -0.150. The number of nitrogens with zero attached hydrogens (tertiary/aromatic N) is 2. The van der Waals surface area contributed by atoms with Crippen molar-refractivity contribution in [1.82, 2.24) is 10.2 Å². The minimum absolute atomic E-state index is 0.0769. The van der Waals surface area contributed by atoms with Crippen LogP contribution in [0.2, 0.25) is 0 Å². The van der Waals surface area contributed by atoms with Gasteiger partial charge < -0.3 is 31.2 Å². The highest BCUT2D eigenvalue weighted by molar-refractivity contribution is 5.97. The number of ether oxygens (including phenoxy) is 2. The molecule has 0 saturated carbocycles. The van der Waals surface area contributed by atoms with E-state index in [1.807, 2.05) is 4.90 Å². The van der Waals surface area contributed by atoms with Gasteiger partial charge in [-0.3, -0.25) is 4.79 Å². The number of carbonyl (C=O) groups excluding carboxylic acids is 1. The summed E-state index contributed by atoms with van der Waals surface area (Å²) in [5, 5.41) is 3.68. The Balaban J connectivity index is 1.97. The Hall–Kier alpha value is -1.90. The van der Waals surface area contributed by atoms with Crippen LogP contribution in [0.4, 0.5) is 0 Å². The summed E-state index contributed by atoms with van der Waals surface area (Å²) < 4.78 is 11.0. The molecule has 0 spiro atoms. The highest BCUT2D eigenvalue weighted by atomic mass is 16.5. The molecule has 0 radical (unpaired) electrons. The minimum Gasteiger partial charge on any atom is -0.399 e. The maximum atomic E-state index is 12.9. The van der Waals surface area contributed by atoms with Gasteiger partial charge in [0.25, 0.3) is 5.91 Å². The molecule has 2 fully saturated rings. The van der Waals surface area contributed by atoms with Gasteiger partial charge in [0.2, 0.25) is 0 Å². The zero-order chi connectivity index (χ0) is 20.0. The normalized spacial score (nSPS) is 25.9. The van der Waals surface area contributed by atoms with Crippen molar-refractivity contribution in [3.8, 4) is 0 Å². The fraction of sp³-hybridized carbons (Fsp3) is 0.684. The molecule has 2 atom stereocenters. The van der Waals surface area contributed by atoms with Crippen molar-refractivity contribution < 1.29 is 14.3 Å². The standard InChI is InChI=1S/C19H33N5O3/c1-12(13(2)20)18(22-14(3)21)19(25)24-8-5-15(6-9-24)23-16-7-10-27-11-17(16)26-4/h15-17,23H,2,5-11,20H2,1,3-4H3,(H2,21,22)/b18-12-/t16-,17+/m1/s1. The molecule has 5 N–H and O–H groups in total. The van der Waals surface area contributed by atoms with E-state index < -0.39 is 0 Å². The maximum absolute atomic E-state index is 12.9. The van der Waals surface area contributed by atoms with Crippen molar-refractivity contribution >= 4 is 11.7 Å². The summed E-state index contributed by atoms with van der Waals surface area (Å²) in [5.41, 5.74) is 12.6. The van der Waals surface area contributed by atoms with Gasteiger partial charge >= 0.3 is 0 Å². The van der Waals surface area contributed by atoms with Crippen LogP contribution in [0.3, 0.4) is 0 Å². The third kappa shape index (κ3) is 5.79. The molecule has 0 aromatic carbocycles. The molecule has 1 amide bonds. The Morgan fingerprint density at radius 1 is 1.26 bits per heavy atom. The number of likely N-dealkylation sites (tertiary alicyclic amines) is 1. The van der Waals surface area contributed by atoms with Crippen LogP contribution < -0.4 is 16.8 Å². The summed E-state index contributed by atoms with van der Waals surface area (Å²) in [4.78, 5) is 18.9. The topological polar surface area (TPSA) is 115 Å². The van der Waals surface area contributed by atoms with Crippen LogP contribution >= 0.6 is 0 Å². The number of allylic oxidation sites excluding steroid dienone is 1. The molecular formula is C19H33N5O3. The van der Waals surface area contributed by atoms with Gasteiger partial charge in [0.1, 0.15) is 5.70 Å². The Kier molecular flexibility index (Phi) is 7.82. The largest absolute Gasteiger partial charge is 0.399 e. The van der Waals surface area contributed by atoms with E-state index >= 15 is 0 Å². The van der Waals surface area contributed by atoms with Crippen molar-refractivity contribution in [1.29, 1.82) is 0 Å². The first-order chi connectivity index (χ1) is 12.8. The molecule has 2 aliphatic rings. The molecular weight excluding hydrogens is 346 g/mol. The lowest BCUT2D eigenvalue weighted by Crippen LogP contribution is -2.54. The van der Waals surface area contributed by atoms with E-state index in [2.05, 4.69) is 16.9 Å². The van der Waals surface area contributed by atoms with Gasteiger partial charge in [-0.1, -0.05) is 6.58 Å². The third-order valence-corrected chi connectivity index (χ3v) is 5.17. The van der Waals surface area contributed by atoms with Crippen molar-refractivity contribution in [2.24, 2.45) is 16.5 Å². The van der Waals surface area contributed by atoms with Gasteiger partial charge in [0.15, 0.2) is 0 Å². The summed E-state index contributed by atoms with van der Waals surface area (Å²) in [6.07, 6.45) is 2.77. The smallest absolute Gasteiger partial charge is 0.272 e. The molecule has 27 heavy (non-hydrogen) atoms. The summed E-state index contributed by atoms with van der Waals surface area (Å²) >= 11 is 0. The van der Waals surface area contributed by atoms with Crippen molar-refractivity contribution in [3.05, 3.63) is 23.5 Å². The Morgan fingerprint density at radius 2 is 1.93 bits per heavy atom. The molecule has 0 bridgehead atoms. The number of methoxy groups -OCH3 is 1. The van der Waals surface area contributed by atoms with Crippen LogP contribution in [-0.4, -0.2) is 68.2 Å². The number of carbonyl (C=O) groups is 1. The zero-order valence-electron chi connectivity index (χ0n) is 16.7. The molecule has 2 saturated heterocycles. The lowest BCUT2D eigenvalue weighted by molar-refractivity contribution is -0.128. The van der Waals surface area contributed by atoms with E-state index in [-0.39, 0.29) is 17.7 Å². The van der Waals surface area contributed by atoms with E-state index in [0.717, 1.165) is 25.9 Å². The molecule has 0 aromatic rings. The lowest BCUT2D eigenvalue weighted by Gasteiger charge is -2.38. The molecule has 2 rings (SSSR count). The summed E-state index contributed by atoms with van der Waals surface area (Å²) in [5.74, 6) is 0.170. The predicted molar refractivity (Wildman–Crippen MR) is 106 cm³/mol. The van der Waals surface area contributed by atoms with Crippen LogP contribution in [0.15, 0.2) is 28.5 Å². The molecule has 8 heteroatoms. The Labute approximate surface area is 161 Å². The van der Waals surface area contributed by atoms with Crippen LogP contribution in [0.1, 0.15) is 33.1 Å². The van der Waals surface area contributed by atoms with Gasteiger partial charge in [-0.15, -0.1) is 0 Å². The van der Waals surface area contributed by atoms with Gasteiger partial charge in [0, 0.05) is 50.2 Å². The second-order valence-electron chi connectivity index (χ2n) is 7.23. The Morgan fingerprint density at radius 3 is 2.48 bits per heavy atom. The Bertz CT molecular complexity index is 604. The maximum Gasteiger partial charge on any atom is 0.272 e. The fourth-order valence-corrected chi connectivity index (χ4v) is 3.46. The number of nitrogens with one attached hydrogen (secondary N) is 1. The van der Waals surface area contributed by atoms with E-state index in [9.17, 15) is 4.79 Å². The van der Waals surface area contributed by atoms with E-state index in [1.165, 1.54) is 0 Å². The highest BCUT2D eigenvalue weighted by Crippen LogP contribution is 2.20. The summed E-state index contributed by atoms with van der Waals surface area (Å²) in [6.45, 7) is 9.79. The van der Waals surface area contributed by atoms with Crippen molar-refractivity contribution in [2.45, 2.75) is 51.3 Å². The van der Waals surface area contributed by atoms with Crippen LogP contribution in [0.25, 0.3) is 0 Å². The van der Waals surface area contributed by atoms with Crippen LogP contribution in [0.5, 0.6) is 0 Å². The first kappa shape index (κ1) is 21.4. The van der Waals surface area contributed by atoms with Crippen LogP contribution in [0, 0.1) is 0 Å². The van der Waals surface area contributed by atoms with Crippen molar-refractivity contribution in [3.63, 3.8) is 0 Å². The molecule has 152 valence electrons. The molecule has 2 heterocycles. The quantitative estimate of drug-likeness (QED) is 0.268. The molecule has 8 nitrogen and oxygen atoms in total. The number of aliphatic imine (C=N–C) groups is 1. The fourth-order valence-electron chi connectivity index (χ4n) is 3.46. The summed E-state index contributed by atoms with van der Waals surface area (Å²) in [7, 11) is 1.72. The van der Waals surface area contributed by atoms with Gasteiger partial charge in [-0.2, -0.15) is 0 Å². The first-order valence-corrected chi connectivity index (χ1v) is 9.45. The predicted octanol–water partition coefficient (Wildman–Crippen LogP) is 0.494. The summed E-state index contributed by atoms with van der Waals surface area (Å²) in [6, 6.07) is 0.645. The highest BCUT2D eigenvalue weighted by Gasteiger charge is 2.31. The van der Waals surface area contributed by atoms with Crippen molar-refractivity contribution in [2.75, 3.05) is 33.4 Å². The molecule has 0 aliphatic carbocycles. The number of amides is 1. The number of hydrogen-bond acceptors (Lipinski definition) is 6.